The van der Waals surface area contributed by atoms with Crippen LogP contribution in [0, 0.1) is 40.4 Å². The zero-order valence-electron chi connectivity index (χ0n) is 21.3. The fourth-order valence-electron chi connectivity index (χ4n) is 3.40. The van der Waals surface area contributed by atoms with Gasteiger partial charge in [0.25, 0.3) is 0 Å². The molecule has 0 atom stereocenters. The maximum absolute atomic E-state index is 12.5. The minimum Gasteiger partial charge on any atom is -0.413 e. The number of aromatic amines is 1. The molecule has 0 aromatic carbocycles. The molecule has 6 rings (SSSR count). The Bertz CT molecular complexity index is 1640. The number of nitrogens with zero attached hydrogens (tertiary/aromatic N) is 9. The van der Waals surface area contributed by atoms with Crippen molar-refractivity contribution in [3.05, 3.63) is 96.8 Å². The third-order valence-corrected chi connectivity index (χ3v) is 5.27. The topological polar surface area (TPSA) is 133 Å². The number of rotatable bonds is 4. The number of pyridine rings is 4. The molecule has 0 amide bonds. The summed E-state index contributed by atoms with van der Waals surface area (Å²) in [5, 5.41) is 11.9. The number of hydrogen-bond acceptors (Lipinski definition) is 8. The van der Waals surface area contributed by atoms with Crippen molar-refractivity contribution in [3.8, 4) is 45.8 Å². The number of H-pyrrole nitrogens is 1. The summed E-state index contributed by atoms with van der Waals surface area (Å²) in [5.41, 5.74) is 2.73. The predicted molar refractivity (Wildman–Crippen MR) is 141 cm³/mol. The zero-order chi connectivity index (χ0) is 29.7. The molecule has 17 heteroatoms. The van der Waals surface area contributed by atoms with Gasteiger partial charge < -0.3 is 10.1 Å². The van der Waals surface area contributed by atoms with E-state index in [2.05, 4.69) is 45.2 Å². The first kappa shape index (κ1) is 34.3. The molecular formula is C27H19F6N10Sm-. The Morgan fingerprint density at radius 3 is 1.57 bits per heavy atom. The van der Waals surface area contributed by atoms with Gasteiger partial charge >= 0.3 is 12.4 Å². The van der Waals surface area contributed by atoms with E-state index in [0.717, 1.165) is 0 Å². The van der Waals surface area contributed by atoms with Gasteiger partial charge in [0, 0.05) is 52.8 Å². The Kier molecular flexibility index (Phi) is 11.3. The Balaban J connectivity index is 0.000000230. The van der Waals surface area contributed by atoms with Crippen LogP contribution in [0.2, 0.25) is 0 Å². The molecule has 226 valence electrons. The minimum atomic E-state index is -4.62. The molecule has 1 N–H and O–H groups in total. The summed E-state index contributed by atoms with van der Waals surface area (Å²) < 4.78 is 74.9. The van der Waals surface area contributed by atoms with Gasteiger partial charge in [0.1, 0.15) is 11.5 Å². The van der Waals surface area contributed by atoms with Crippen LogP contribution >= 0.6 is 0 Å². The molecular weight excluding hydrogens is 729 g/mol. The molecule has 0 saturated heterocycles. The van der Waals surface area contributed by atoms with E-state index in [1.807, 2.05) is 5.10 Å². The first-order chi connectivity index (χ1) is 20.1. The second-order valence-electron chi connectivity index (χ2n) is 8.21. The number of aromatic nitrogens is 10. The van der Waals surface area contributed by atoms with Crippen LogP contribution in [0.5, 0.6) is 0 Å². The second-order valence-corrected chi connectivity index (χ2v) is 8.21. The van der Waals surface area contributed by atoms with Gasteiger partial charge in [-0.3, -0.25) is 20.2 Å². The summed E-state index contributed by atoms with van der Waals surface area (Å²) in [6.07, 6.45) is -5.97. The van der Waals surface area contributed by atoms with Gasteiger partial charge in [-0.05, 0) is 54.4 Å². The molecule has 0 unspecified atom stereocenters. The molecule has 0 saturated carbocycles. The van der Waals surface area contributed by atoms with Crippen LogP contribution in [0.1, 0.15) is 19.1 Å². The van der Waals surface area contributed by atoms with E-state index in [0.29, 0.717) is 22.8 Å². The molecule has 44 heavy (non-hydrogen) atoms. The van der Waals surface area contributed by atoms with Crippen LogP contribution < -0.4 is 5.10 Å². The molecule has 0 aliphatic carbocycles. The van der Waals surface area contributed by atoms with Gasteiger partial charge in [-0.1, -0.05) is 31.7 Å². The van der Waals surface area contributed by atoms with Crippen molar-refractivity contribution < 1.29 is 66.7 Å². The SMILES string of the molecule is C.FC(F)(F)c1n[n-]c(-c2cccc(-c3ccccn3)n2)n1.FC(F)(F)c1nc(-c2cccc(-c3ccccn3)n2)n[nH]1.[Sm]. The first-order valence-corrected chi connectivity index (χ1v) is 11.8. The molecule has 0 bridgehead atoms. The number of halogens is 6. The average molecular weight is 748 g/mol. The van der Waals surface area contributed by atoms with Gasteiger partial charge in [-0.25, -0.2) is 15.0 Å². The van der Waals surface area contributed by atoms with Gasteiger partial charge in [0.15, 0.2) is 5.82 Å². The molecule has 6 aromatic rings. The van der Waals surface area contributed by atoms with Crippen LogP contribution in [-0.4, -0.2) is 45.2 Å². The standard InChI is InChI=1S/C13H8F3N5.C13H7F3N5.CH4.Sm/c2*14-13(15,16)12-19-11(20-21-12)10-6-3-5-9(18-10)8-4-1-2-7-17-8;;/h1-7H,(H,19,20,21);1-7H;1H4;/q;-1;;. The van der Waals surface area contributed by atoms with Crippen LogP contribution in [0.15, 0.2) is 85.2 Å². The van der Waals surface area contributed by atoms with Crippen molar-refractivity contribution in [2.24, 2.45) is 0 Å². The summed E-state index contributed by atoms with van der Waals surface area (Å²) in [7, 11) is 0. The fourth-order valence-corrected chi connectivity index (χ4v) is 3.40. The summed E-state index contributed by atoms with van der Waals surface area (Å²) in [4.78, 5) is 23.5. The monoisotopic (exact) mass is 749 g/mol. The zero-order valence-corrected chi connectivity index (χ0v) is 23.9. The average Bonchev–Trinajstić information content (AvgIpc) is 3.70. The third kappa shape index (κ3) is 8.46. The molecule has 6 heterocycles. The Morgan fingerprint density at radius 2 is 1.09 bits per heavy atom. The smallest absolute Gasteiger partial charge is 0.413 e. The van der Waals surface area contributed by atoms with E-state index in [4.69, 9.17) is 0 Å². The van der Waals surface area contributed by atoms with Crippen molar-refractivity contribution in [1.82, 2.24) is 50.3 Å². The Morgan fingerprint density at radius 1 is 0.568 bits per heavy atom. The van der Waals surface area contributed by atoms with Gasteiger partial charge in [0.2, 0.25) is 5.82 Å². The maximum Gasteiger partial charge on any atom is 0.451 e. The van der Waals surface area contributed by atoms with Crippen molar-refractivity contribution in [2.45, 2.75) is 19.8 Å². The molecule has 0 spiro atoms. The van der Waals surface area contributed by atoms with Crippen molar-refractivity contribution in [1.29, 1.82) is 0 Å². The van der Waals surface area contributed by atoms with Crippen LogP contribution in [0.3, 0.4) is 0 Å². The van der Waals surface area contributed by atoms with Gasteiger partial charge in [0.05, 0.1) is 28.5 Å². The molecule has 0 fully saturated rings. The predicted octanol–water partition coefficient (Wildman–Crippen LogP) is 6.16. The minimum absolute atomic E-state index is 0. The number of hydrogen-bond donors (Lipinski definition) is 1. The Hall–Kier alpha value is -4.20. The van der Waals surface area contributed by atoms with E-state index in [1.165, 1.54) is 12.1 Å². The van der Waals surface area contributed by atoms with Crippen molar-refractivity contribution >= 4 is 0 Å². The largest absolute Gasteiger partial charge is 0.451 e. The van der Waals surface area contributed by atoms with E-state index in [-0.39, 0.29) is 70.9 Å². The van der Waals surface area contributed by atoms with Crippen LogP contribution in [0.4, 0.5) is 26.3 Å². The van der Waals surface area contributed by atoms with Crippen molar-refractivity contribution in [2.75, 3.05) is 0 Å². The normalized spacial score (nSPS) is 11.0. The van der Waals surface area contributed by atoms with Crippen LogP contribution in [-0.2, 0) is 12.4 Å². The summed E-state index contributed by atoms with van der Waals surface area (Å²) in [6.45, 7) is 0. The number of alkyl halides is 6. The Labute approximate surface area is 278 Å². The maximum atomic E-state index is 12.5. The molecule has 6 aromatic heterocycles. The van der Waals surface area contributed by atoms with Crippen LogP contribution in [0.25, 0.3) is 45.8 Å². The van der Waals surface area contributed by atoms with Gasteiger partial charge in [-0.2, -0.15) is 31.4 Å². The van der Waals surface area contributed by atoms with E-state index in [9.17, 15) is 26.3 Å². The fraction of sp³-hybridized carbons (Fsp3) is 0.111. The molecule has 10 nitrogen and oxygen atoms in total. The summed E-state index contributed by atoms with van der Waals surface area (Å²) in [5.74, 6) is -2.70. The quantitative estimate of drug-likeness (QED) is 0.211. The molecule has 0 aliphatic heterocycles. The first-order valence-electron chi connectivity index (χ1n) is 11.8. The number of nitrogens with one attached hydrogen (secondary N) is 1. The summed E-state index contributed by atoms with van der Waals surface area (Å²) >= 11 is 0. The van der Waals surface area contributed by atoms with E-state index < -0.39 is 24.0 Å². The second kappa shape index (κ2) is 14.5. The molecule has 0 aliphatic rings. The van der Waals surface area contributed by atoms with E-state index in [1.54, 1.807) is 73.1 Å². The van der Waals surface area contributed by atoms with E-state index >= 15 is 0 Å². The van der Waals surface area contributed by atoms with Crippen molar-refractivity contribution in [3.63, 3.8) is 0 Å². The molecule has 0 radical (unpaired) electrons. The van der Waals surface area contributed by atoms with Gasteiger partial charge in [-0.15, -0.1) is 0 Å². The third-order valence-electron chi connectivity index (χ3n) is 5.27. The summed E-state index contributed by atoms with van der Waals surface area (Å²) in [6, 6.07) is 20.4.